The first kappa shape index (κ1) is 11.0. The van der Waals surface area contributed by atoms with E-state index in [2.05, 4.69) is 35.2 Å². The highest BCUT2D eigenvalue weighted by molar-refractivity contribution is 6.20. The van der Waals surface area contributed by atoms with E-state index in [9.17, 15) is 0 Å². The summed E-state index contributed by atoms with van der Waals surface area (Å²) in [5.74, 6) is 0. The molecule has 0 spiro atoms. The van der Waals surface area contributed by atoms with Gasteiger partial charge in [0.25, 0.3) is 0 Å². The van der Waals surface area contributed by atoms with Gasteiger partial charge in [0, 0.05) is 18.5 Å². The van der Waals surface area contributed by atoms with E-state index in [1.165, 1.54) is 24.9 Å². The third-order valence-corrected chi connectivity index (χ3v) is 3.36. The fourth-order valence-corrected chi connectivity index (χ4v) is 2.48. The smallest absolute Gasteiger partial charge is 0.0463 e. The summed E-state index contributed by atoms with van der Waals surface area (Å²) in [5.41, 5.74) is 1.43. The molecule has 1 aromatic carbocycles. The Bertz CT molecular complexity index is 286. The maximum absolute atomic E-state index is 6.15. The van der Waals surface area contributed by atoms with Crippen LogP contribution < -0.4 is 0 Å². The van der Waals surface area contributed by atoms with Crippen molar-refractivity contribution in [3.8, 4) is 0 Å². The number of hydrogen-bond acceptors (Lipinski definition) is 1. The van der Waals surface area contributed by atoms with E-state index >= 15 is 0 Å². The molecule has 0 radical (unpaired) electrons. The Morgan fingerprint density at radius 3 is 2.80 bits per heavy atom. The molecule has 1 heterocycles. The Kier molecular flexibility index (Phi) is 4.04. The Hall–Kier alpha value is -0.530. The van der Waals surface area contributed by atoms with Crippen LogP contribution in [0.15, 0.2) is 30.3 Å². The topological polar surface area (TPSA) is 3.24 Å². The van der Waals surface area contributed by atoms with E-state index in [1.54, 1.807) is 0 Å². The van der Waals surface area contributed by atoms with E-state index in [0.717, 1.165) is 19.5 Å². The third kappa shape index (κ3) is 3.51. The zero-order valence-corrected chi connectivity index (χ0v) is 9.79. The van der Waals surface area contributed by atoms with Gasteiger partial charge in [0.15, 0.2) is 0 Å². The summed E-state index contributed by atoms with van der Waals surface area (Å²) >= 11 is 6.15. The van der Waals surface area contributed by atoms with Gasteiger partial charge >= 0.3 is 0 Å². The zero-order valence-electron chi connectivity index (χ0n) is 9.03. The van der Waals surface area contributed by atoms with E-state index in [0.29, 0.717) is 5.38 Å². The SMILES string of the molecule is Cl[C@@H]1CCCN(CCc2ccccc2)C1. The second kappa shape index (κ2) is 5.53. The summed E-state index contributed by atoms with van der Waals surface area (Å²) in [6, 6.07) is 10.7. The van der Waals surface area contributed by atoms with Crippen LogP contribution in [0.25, 0.3) is 0 Å². The number of hydrogen-bond donors (Lipinski definition) is 0. The van der Waals surface area contributed by atoms with Gasteiger partial charge in [-0.3, -0.25) is 0 Å². The number of alkyl halides is 1. The van der Waals surface area contributed by atoms with Crippen molar-refractivity contribution in [2.45, 2.75) is 24.6 Å². The maximum atomic E-state index is 6.15. The van der Waals surface area contributed by atoms with Gasteiger partial charge in [-0.15, -0.1) is 11.6 Å². The Balaban J connectivity index is 1.78. The van der Waals surface area contributed by atoms with Crippen molar-refractivity contribution in [1.29, 1.82) is 0 Å². The van der Waals surface area contributed by atoms with Gasteiger partial charge in [0.1, 0.15) is 0 Å². The molecular formula is C13H18ClN. The molecule has 1 nitrogen and oxygen atoms in total. The summed E-state index contributed by atoms with van der Waals surface area (Å²) in [5, 5.41) is 0.370. The van der Waals surface area contributed by atoms with E-state index in [-0.39, 0.29) is 0 Å². The largest absolute Gasteiger partial charge is 0.302 e. The lowest BCUT2D eigenvalue weighted by atomic mass is 10.1. The highest BCUT2D eigenvalue weighted by Crippen LogP contribution is 2.15. The molecule has 0 unspecified atom stereocenters. The molecule has 0 aromatic heterocycles. The molecule has 1 atom stereocenters. The first-order valence-electron chi connectivity index (χ1n) is 5.75. The van der Waals surface area contributed by atoms with Crippen molar-refractivity contribution in [1.82, 2.24) is 4.90 Å². The highest BCUT2D eigenvalue weighted by atomic mass is 35.5. The van der Waals surface area contributed by atoms with E-state index in [4.69, 9.17) is 11.6 Å². The van der Waals surface area contributed by atoms with Gasteiger partial charge in [0.05, 0.1) is 0 Å². The summed E-state index contributed by atoms with van der Waals surface area (Å²) < 4.78 is 0. The Labute approximate surface area is 97.0 Å². The third-order valence-electron chi connectivity index (χ3n) is 3.01. The van der Waals surface area contributed by atoms with Crippen molar-refractivity contribution in [2.24, 2.45) is 0 Å². The molecular weight excluding hydrogens is 206 g/mol. The monoisotopic (exact) mass is 223 g/mol. The molecule has 1 fully saturated rings. The molecule has 0 bridgehead atoms. The van der Waals surface area contributed by atoms with Crippen LogP contribution in [0.2, 0.25) is 0 Å². The van der Waals surface area contributed by atoms with Gasteiger partial charge in [-0.05, 0) is 31.4 Å². The number of halogens is 1. The first-order valence-corrected chi connectivity index (χ1v) is 6.18. The second-order valence-corrected chi connectivity index (χ2v) is 4.89. The van der Waals surface area contributed by atoms with Crippen LogP contribution in [0.3, 0.4) is 0 Å². The number of benzene rings is 1. The molecule has 1 saturated heterocycles. The van der Waals surface area contributed by atoms with Gasteiger partial charge < -0.3 is 4.90 Å². The standard InChI is InChI=1S/C13H18ClN/c14-13-7-4-9-15(11-13)10-8-12-5-2-1-3-6-12/h1-3,5-6,13H,4,7-11H2/t13-/m1/s1. The maximum Gasteiger partial charge on any atom is 0.0463 e. The van der Waals surface area contributed by atoms with Gasteiger partial charge in [-0.2, -0.15) is 0 Å². The van der Waals surface area contributed by atoms with Gasteiger partial charge in [0.2, 0.25) is 0 Å². The summed E-state index contributed by atoms with van der Waals surface area (Å²) in [4.78, 5) is 2.48. The number of likely N-dealkylation sites (tertiary alicyclic amines) is 1. The molecule has 1 aliphatic heterocycles. The van der Waals surface area contributed by atoms with Crippen molar-refractivity contribution < 1.29 is 0 Å². The van der Waals surface area contributed by atoms with Crippen LogP contribution >= 0.6 is 11.6 Å². The molecule has 0 aliphatic carbocycles. The minimum atomic E-state index is 0.370. The number of piperidine rings is 1. The fraction of sp³-hybridized carbons (Fsp3) is 0.538. The lowest BCUT2D eigenvalue weighted by molar-refractivity contribution is 0.235. The quantitative estimate of drug-likeness (QED) is 0.713. The van der Waals surface area contributed by atoms with E-state index < -0.39 is 0 Å². The normalized spacial score (nSPS) is 22.9. The lowest BCUT2D eigenvalue weighted by Crippen LogP contribution is -2.37. The van der Waals surface area contributed by atoms with Crippen LogP contribution in [0.1, 0.15) is 18.4 Å². The molecule has 1 aromatic rings. The van der Waals surface area contributed by atoms with Crippen LogP contribution in [-0.4, -0.2) is 29.9 Å². The molecule has 0 N–H and O–H groups in total. The highest BCUT2D eigenvalue weighted by Gasteiger charge is 2.16. The van der Waals surface area contributed by atoms with Gasteiger partial charge in [-0.25, -0.2) is 0 Å². The predicted octanol–water partition coefficient (Wildman–Crippen LogP) is 2.93. The first-order chi connectivity index (χ1) is 7.34. The predicted molar refractivity (Wildman–Crippen MR) is 65.5 cm³/mol. The molecule has 15 heavy (non-hydrogen) atoms. The molecule has 0 amide bonds. The van der Waals surface area contributed by atoms with Crippen molar-refractivity contribution >= 4 is 11.6 Å². The Morgan fingerprint density at radius 2 is 2.07 bits per heavy atom. The summed E-state index contributed by atoms with van der Waals surface area (Å²) in [6.45, 7) is 3.43. The van der Waals surface area contributed by atoms with Crippen LogP contribution in [0.4, 0.5) is 0 Å². The second-order valence-electron chi connectivity index (χ2n) is 4.28. The van der Waals surface area contributed by atoms with Crippen molar-refractivity contribution in [3.63, 3.8) is 0 Å². The van der Waals surface area contributed by atoms with Gasteiger partial charge in [-0.1, -0.05) is 30.3 Å². The molecule has 0 saturated carbocycles. The summed E-state index contributed by atoms with van der Waals surface area (Å²) in [6.07, 6.45) is 3.58. The van der Waals surface area contributed by atoms with Crippen molar-refractivity contribution in [3.05, 3.63) is 35.9 Å². The van der Waals surface area contributed by atoms with Crippen LogP contribution in [0, 0.1) is 0 Å². The van der Waals surface area contributed by atoms with Crippen LogP contribution in [-0.2, 0) is 6.42 Å². The van der Waals surface area contributed by atoms with E-state index in [1.807, 2.05) is 0 Å². The minimum absolute atomic E-state index is 0.370. The molecule has 2 rings (SSSR count). The van der Waals surface area contributed by atoms with Crippen LogP contribution in [0.5, 0.6) is 0 Å². The minimum Gasteiger partial charge on any atom is -0.302 e. The molecule has 82 valence electrons. The molecule has 2 heteroatoms. The zero-order chi connectivity index (χ0) is 10.5. The molecule has 1 aliphatic rings. The fourth-order valence-electron chi connectivity index (χ4n) is 2.13. The average molecular weight is 224 g/mol. The number of nitrogens with zero attached hydrogens (tertiary/aromatic N) is 1. The van der Waals surface area contributed by atoms with Crippen molar-refractivity contribution in [2.75, 3.05) is 19.6 Å². The average Bonchev–Trinajstić information content (AvgIpc) is 2.28. The summed E-state index contributed by atoms with van der Waals surface area (Å²) in [7, 11) is 0. The number of rotatable bonds is 3. The lowest BCUT2D eigenvalue weighted by Gasteiger charge is -2.29. The Morgan fingerprint density at radius 1 is 1.27 bits per heavy atom.